The highest BCUT2D eigenvalue weighted by atomic mass is 32.2. The van der Waals surface area contributed by atoms with Crippen molar-refractivity contribution in [3.05, 3.63) is 29.8 Å². The van der Waals surface area contributed by atoms with Crippen LogP contribution in [0.3, 0.4) is 0 Å². The number of hydrogen-bond acceptors (Lipinski definition) is 4. The van der Waals surface area contributed by atoms with Crippen molar-refractivity contribution in [3.63, 3.8) is 0 Å². The van der Waals surface area contributed by atoms with E-state index in [2.05, 4.69) is 5.32 Å². The van der Waals surface area contributed by atoms with Crippen LogP contribution in [-0.2, 0) is 9.53 Å². The number of nitrogens with one attached hydrogen (secondary N) is 1. The molecule has 0 aliphatic carbocycles. The molecule has 1 aromatic carbocycles. The Morgan fingerprint density at radius 3 is 3.17 bits per heavy atom. The molecule has 0 spiro atoms. The van der Waals surface area contributed by atoms with E-state index >= 15 is 0 Å². The molecule has 1 aliphatic rings. The Labute approximate surface area is 111 Å². The lowest BCUT2D eigenvalue weighted by Gasteiger charge is -2.14. The minimum Gasteiger partial charge on any atom is -0.389 e. The number of methoxy groups -OCH3 is 1. The van der Waals surface area contributed by atoms with Gasteiger partial charge in [0.1, 0.15) is 0 Å². The highest BCUT2D eigenvalue weighted by Crippen LogP contribution is 2.39. The average molecular weight is 267 g/mol. The van der Waals surface area contributed by atoms with Crippen LogP contribution in [-0.4, -0.2) is 43.1 Å². The fourth-order valence-corrected chi connectivity index (χ4v) is 3.20. The molecule has 2 N–H and O–H groups in total. The molecule has 0 saturated heterocycles. The van der Waals surface area contributed by atoms with E-state index in [1.807, 2.05) is 24.3 Å². The number of fused-ring (bicyclic) bond motifs is 1. The standard InChI is InChI=1S/C13H17NO3S/c1-17-7-9(15)6-14-13(16)11-8-18-12-5-3-2-4-10(11)12/h2-5,9,11,15H,6-8H2,1H3,(H,14,16). The van der Waals surface area contributed by atoms with Crippen LogP contribution < -0.4 is 5.32 Å². The Hall–Kier alpha value is -1.04. The number of ether oxygens (including phenoxy) is 1. The lowest BCUT2D eigenvalue weighted by Crippen LogP contribution is -2.37. The number of aliphatic hydroxyl groups excluding tert-OH is 1. The zero-order chi connectivity index (χ0) is 13.0. The summed E-state index contributed by atoms with van der Waals surface area (Å²) in [6, 6.07) is 7.96. The molecule has 0 bridgehead atoms. The van der Waals surface area contributed by atoms with Crippen molar-refractivity contribution in [1.82, 2.24) is 5.32 Å². The van der Waals surface area contributed by atoms with Gasteiger partial charge in [-0.15, -0.1) is 11.8 Å². The van der Waals surface area contributed by atoms with Gasteiger partial charge < -0.3 is 15.2 Å². The molecule has 2 atom stereocenters. The number of aliphatic hydroxyl groups is 1. The Balaban J connectivity index is 1.91. The Morgan fingerprint density at radius 1 is 1.61 bits per heavy atom. The van der Waals surface area contributed by atoms with Gasteiger partial charge >= 0.3 is 0 Å². The van der Waals surface area contributed by atoms with E-state index in [9.17, 15) is 9.90 Å². The SMILES string of the molecule is COCC(O)CNC(=O)C1CSc2ccccc21. The molecule has 0 fully saturated rings. The molecule has 1 amide bonds. The van der Waals surface area contributed by atoms with Crippen LogP contribution in [0.4, 0.5) is 0 Å². The summed E-state index contributed by atoms with van der Waals surface area (Å²) in [6.45, 7) is 0.465. The molecule has 1 aromatic rings. The predicted octanol–water partition coefficient (Wildman–Crippen LogP) is 0.999. The normalized spacial score (nSPS) is 19.3. The smallest absolute Gasteiger partial charge is 0.228 e. The molecule has 5 heteroatoms. The van der Waals surface area contributed by atoms with Crippen LogP contribution >= 0.6 is 11.8 Å². The molecule has 2 rings (SSSR count). The van der Waals surface area contributed by atoms with E-state index in [1.165, 1.54) is 12.0 Å². The van der Waals surface area contributed by atoms with Gasteiger partial charge in [-0.1, -0.05) is 18.2 Å². The van der Waals surface area contributed by atoms with Gasteiger partial charge in [-0.05, 0) is 11.6 Å². The summed E-state index contributed by atoms with van der Waals surface area (Å²) >= 11 is 1.70. The van der Waals surface area contributed by atoms with Crippen molar-refractivity contribution in [2.45, 2.75) is 16.9 Å². The van der Waals surface area contributed by atoms with E-state index in [0.717, 1.165) is 11.3 Å². The van der Waals surface area contributed by atoms with Crippen molar-refractivity contribution in [3.8, 4) is 0 Å². The molecule has 1 heterocycles. The number of hydrogen-bond donors (Lipinski definition) is 2. The van der Waals surface area contributed by atoms with Gasteiger partial charge in [0.15, 0.2) is 0 Å². The van der Waals surface area contributed by atoms with Crippen LogP contribution in [0.2, 0.25) is 0 Å². The lowest BCUT2D eigenvalue weighted by atomic mass is 10.0. The molecule has 18 heavy (non-hydrogen) atoms. The van der Waals surface area contributed by atoms with Gasteiger partial charge in [0.2, 0.25) is 5.91 Å². The minimum absolute atomic E-state index is 0.0254. The van der Waals surface area contributed by atoms with Crippen LogP contribution in [0, 0.1) is 0 Å². The van der Waals surface area contributed by atoms with E-state index < -0.39 is 6.10 Å². The number of rotatable bonds is 5. The van der Waals surface area contributed by atoms with Gasteiger partial charge in [0.25, 0.3) is 0 Å². The van der Waals surface area contributed by atoms with Gasteiger partial charge in [-0.3, -0.25) is 4.79 Å². The predicted molar refractivity (Wildman–Crippen MR) is 70.8 cm³/mol. The first kappa shape index (κ1) is 13.4. The average Bonchev–Trinajstić information content (AvgIpc) is 2.80. The quantitative estimate of drug-likeness (QED) is 0.835. The van der Waals surface area contributed by atoms with Crippen LogP contribution in [0.1, 0.15) is 11.5 Å². The Kier molecular flexibility index (Phi) is 4.63. The van der Waals surface area contributed by atoms with Crippen molar-refractivity contribution in [1.29, 1.82) is 0 Å². The van der Waals surface area contributed by atoms with Crippen LogP contribution in [0.25, 0.3) is 0 Å². The molecule has 2 unspecified atom stereocenters. The summed E-state index contributed by atoms with van der Waals surface area (Å²) in [7, 11) is 1.52. The molecule has 0 aromatic heterocycles. The maximum absolute atomic E-state index is 12.0. The molecular formula is C13H17NO3S. The van der Waals surface area contributed by atoms with Crippen molar-refractivity contribution in [2.75, 3.05) is 26.0 Å². The highest BCUT2D eigenvalue weighted by Gasteiger charge is 2.28. The summed E-state index contributed by atoms with van der Waals surface area (Å²) < 4.78 is 4.81. The van der Waals surface area contributed by atoms with Crippen molar-refractivity contribution >= 4 is 17.7 Å². The Bertz CT molecular complexity index is 424. The van der Waals surface area contributed by atoms with Gasteiger partial charge in [0.05, 0.1) is 18.6 Å². The highest BCUT2D eigenvalue weighted by molar-refractivity contribution is 7.99. The number of benzene rings is 1. The van der Waals surface area contributed by atoms with Crippen molar-refractivity contribution in [2.24, 2.45) is 0 Å². The van der Waals surface area contributed by atoms with E-state index in [0.29, 0.717) is 0 Å². The summed E-state index contributed by atoms with van der Waals surface area (Å²) in [6.07, 6.45) is -0.650. The fraction of sp³-hybridized carbons (Fsp3) is 0.462. The topological polar surface area (TPSA) is 58.6 Å². The fourth-order valence-electron chi connectivity index (χ4n) is 1.97. The third kappa shape index (κ3) is 3.04. The summed E-state index contributed by atoms with van der Waals surface area (Å²) in [5, 5.41) is 12.3. The third-order valence-electron chi connectivity index (χ3n) is 2.89. The number of thioether (sulfide) groups is 1. The molecule has 4 nitrogen and oxygen atoms in total. The van der Waals surface area contributed by atoms with Crippen LogP contribution in [0.15, 0.2) is 29.2 Å². The molecule has 98 valence electrons. The zero-order valence-corrected chi connectivity index (χ0v) is 11.1. The summed E-state index contributed by atoms with van der Waals surface area (Å²) in [4.78, 5) is 13.2. The summed E-state index contributed by atoms with van der Waals surface area (Å²) in [5.41, 5.74) is 1.08. The van der Waals surface area contributed by atoms with Crippen LogP contribution in [0.5, 0.6) is 0 Å². The molecule has 1 aliphatic heterocycles. The Morgan fingerprint density at radius 2 is 2.39 bits per heavy atom. The second kappa shape index (κ2) is 6.22. The maximum atomic E-state index is 12.0. The first-order chi connectivity index (χ1) is 8.72. The lowest BCUT2D eigenvalue weighted by molar-refractivity contribution is -0.122. The second-order valence-electron chi connectivity index (χ2n) is 4.26. The first-order valence-corrected chi connectivity index (χ1v) is 6.87. The van der Waals surface area contributed by atoms with E-state index in [1.54, 1.807) is 11.8 Å². The van der Waals surface area contributed by atoms with Gasteiger partial charge in [0, 0.05) is 24.3 Å². The molecular weight excluding hydrogens is 250 g/mol. The first-order valence-electron chi connectivity index (χ1n) is 5.89. The summed E-state index contributed by atoms with van der Waals surface area (Å²) in [5.74, 6) is 0.634. The molecule has 0 radical (unpaired) electrons. The van der Waals surface area contributed by atoms with Gasteiger partial charge in [-0.2, -0.15) is 0 Å². The number of amides is 1. The van der Waals surface area contributed by atoms with Crippen molar-refractivity contribution < 1.29 is 14.6 Å². The largest absolute Gasteiger partial charge is 0.389 e. The van der Waals surface area contributed by atoms with E-state index in [4.69, 9.17) is 4.74 Å². The zero-order valence-electron chi connectivity index (χ0n) is 10.3. The van der Waals surface area contributed by atoms with E-state index in [-0.39, 0.29) is 25.0 Å². The third-order valence-corrected chi connectivity index (χ3v) is 4.07. The maximum Gasteiger partial charge on any atom is 0.228 e. The monoisotopic (exact) mass is 267 g/mol. The minimum atomic E-state index is -0.650. The number of carbonyl (C=O) groups is 1. The molecule has 0 saturated carbocycles. The number of carbonyl (C=O) groups excluding carboxylic acids is 1. The second-order valence-corrected chi connectivity index (χ2v) is 5.32. The van der Waals surface area contributed by atoms with Gasteiger partial charge in [-0.25, -0.2) is 0 Å².